The summed E-state index contributed by atoms with van der Waals surface area (Å²) in [6.07, 6.45) is 2.99. The normalized spacial score (nSPS) is 9.38. The lowest BCUT2D eigenvalue weighted by Crippen LogP contribution is -2.15. The highest BCUT2D eigenvalue weighted by Gasteiger charge is 2.08. The Balaban J connectivity index is 3.22. The van der Waals surface area contributed by atoms with E-state index in [-0.39, 0.29) is 0 Å². The third kappa shape index (κ3) is 1.80. The quantitative estimate of drug-likeness (QED) is 0.690. The van der Waals surface area contributed by atoms with Crippen molar-refractivity contribution in [2.24, 2.45) is 0 Å². The first-order valence-corrected chi connectivity index (χ1v) is 3.86. The average molecular weight is 174 g/mol. The molecule has 1 N–H and O–H groups in total. The average Bonchev–Trinajstić information content (AvgIpc) is 2.16. The highest BCUT2D eigenvalue weighted by Crippen LogP contribution is 2.23. The monoisotopic (exact) mass is 174 g/mol. The predicted octanol–water partition coefficient (Wildman–Crippen LogP) is 0.860. The fourth-order valence-corrected chi connectivity index (χ4v) is 1.05. The van der Waals surface area contributed by atoms with Gasteiger partial charge in [0, 0.05) is 7.05 Å². The minimum absolute atomic E-state index is 0.690. The van der Waals surface area contributed by atoms with Gasteiger partial charge in [0.15, 0.2) is 5.82 Å². The number of rotatable bonds is 3. The van der Waals surface area contributed by atoms with Crippen molar-refractivity contribution in [3.8, 4) is 0 Å². The van der Waals surface area contributed by atoms with Crippen LogP contribution in [0.4, 0.5) is 11.5 Å². The molecule has 0 unspecified atom stereocenters. The topological polar surface area (TPSA) is 41.1 Å². The van der Waals surface area contributed by atoms with Crippen LogP contribution >= 0.6 is 0 Å². The zero-order chi connectivity index (χ0) is 9.84. The van der Waals surface area contributed by atoms with E-state index in [0.717, 1.165) is 11.4 Å². The van der Waals surface area contributed by atoms with Crippen LogP contribution in [0.25, 0.3) is 0 Å². The largest absolute Gasteiger partial charge is 0.400 e. The molecule has 0 spiro atoms. The van der Waals surface area contributed by atoms with Gasteiger partial charge in [-0.05, 0) is 13.1 Å². The Hall–Kier alpha value is -1.52. The Kier molecular flexibility index (Phi) is 2.90. The van der Waals surface area contributed by atoms with Gasteiger partial charge in [-0.2, -0.15) is 0 Å². The molecule has 0 aliphatic heterocycles. The standard InChI is InChI=1S/C8H11BN4/c1-4-13(9)7-6(2)11-5-12-8(7)10-3/h4-5H,1H2,2-3H3,(H,10,11,12). The number of nitrogens with one attached hydrogen (secondary N) is 1. The third-order valence-corrected chi connectivity index (χ3v) is 1.70. The van der Waals surface area contributed by atoms with Gasteiger partial charge in [-0.25, -0.2) is 9.97 Å². The number of anilines is 2. The Morgan fingerprint density at radius 2 is 2.31 bits per heavy atom. The van der Waals surface area contributed by atoms with Crippen LogP contribution in [0.3, 0.4) is 0 Å². The van der Waals surface area contributed by atoms with Crippen molar-refractivity contribution in [1.82, 2.24) is 9.97 Å². The molecule has 66 valence electrons. The van der Waals surface area contributed by atoms with Gasteiger partial charge < -0.3 is 10.1 Å². The number of aryl methyl sites for hydroxylation is 1. The summed E-state index contributed by atoms with van der Waals surface area (Å²) in [6.45, 7) is 5.43. The summed E-state index contributed by atoms with van der Waals surface area (Å²) in [6, 6.07) is 0. The minimum atomic E-state index is 0.690. The molecule has 0 atom stereocenters. The van der Waals surface area contributed by atoms with Crippen LogP contribution in [0, 0.1) is 6.92 Å². The number of hydrogen-bond acceptors (Lipinski definition) is 4. The smallest absolute Gasteiger partial charge is 0.234 e. The molecule has 1 rings (SSSR count). The van der Waals surface area contributed by atoms with Gasteiger partial charge in [0.25, 0.3) is 0 Å². The summed E-state index contributed by atoms with van der Waals surface area (Å²) in [5, 5.41) is 2.93. The molecule has 0 aromatic carbocycles. The second-order valence-electron chi connectivity index (χ2n) is 2.50. The first kappa shape index (κ1) is 9.57. The van der Waals surface area contributed by atoms with Crippen molar-refractivity contribution in [3.63, 3.8) is 0 Å². The van der Waals surface area contributed by atoms with E-state index in [0.29, 0.717) is 5.82 Å². The van der Waals surface area contributed by atoms with Crippen LogP contribution in [0.15, 0.2) is 19.1 Å². The predicted molar refractivity (Wildman–Crippen MR) is 54.7 cm³/mol. The van der Waals surface area contributed by atoms with Crippen LogP contribution in [0.2, 0.25) is 0 Å². The number of aromatic nitrogens is 2. The highest BCUT2D eigenvalue weighted by molar-refractivity contribution is 6.20. The Labute approximate surface area is 79.1 Å². The van der Waals surface area contributed by atoms with Gasteiger partial charge in [0.05, 0.1) is 11.4 Å². The zero-order valence-electron chi connectivity index (χ0n) is 7.78. The van der Waals surface area contributed by atoms with Crippen LogP contribution in [0.1, 0.15) is 5.69 Å². The molecule has 2 radical (unpaired) electrons. The highest BCUT2D eigenvalue weighted by atomic mass is 15.1. The summed E-state index contributed by atoms with van der Waals surface area (Å²) in [4.78, 5) is 9.46. The lowest BCUT2D eigenvalue weighted by atomic mass is 10.2. The lowest BCUT2D eigenvalue weighted by molar-refractivity contribution is 1.09. The minimum Gasteiger partial charge on any atom is -0.400 e. The fraction of sp³-hybridized carbons (Fsp3) is 0.250. The molecule has 13 heavy (non-hydrogen) atoms. The molecule has 0 aliphatic rings. The molecule has 0 amide bonds. The molecule has 5 heteroatoms. The van der Waals surface area contributed by atoms with Crippen LogP contribution in [-0.2, 0) is 0 Å². The van der Waals surface area contributed by atoms with E-state index in [2.05, 4.69) is 21.9 Å². The SMILES string of the molecule is [B]N(C=C)c1c(C)ncnc1NC. The maximum absolute atomic E-state index is 5.67. The molecule has 0 fully saturated rings. The van der Waals surface area contributed by atoms with Crippen molar-refractivity contribution in [3.05, 3.63) is 24.8 Å². The maximum Gasteiger partial charge on any atom is 0.234 e. The zero-order valence-corrected chi connectivity index (χ0v) is 7.78. The maximum atomic E-state index is 5.67. The molecular weight excluding hydrogens is 163 g/mol. The van der Waals surface area contributed by atoms with E-state index in [1.165, 1.54) is 17.3 Å². The Morgan fingerprint density at radius 1 is 1.62 bits per heavy atom. The van der Waals surface area contributed by atoms with E-state index in [9.17, 15) is 0 Å². The lowest BCUT2D eigenvalue weighted by Gasteiger charge is -2.18. The number of nitrogens with zero attached hydrogens (tertiary/aromatic N) is 3. The third-order valence-electron chi connectivity index (χ3n) is 1.70. The first-order chi connectivity index (χ1) is 6.20. The van der Waals surface area contributed by atoms with Gasteiger partial charge >= 0.3 is 0 Å². The molecule has 1 heterocycles. The molecule has 1 aromatic rings. The van der Waals surface area contributed by atoms with Gasteiger partial charge in [0.2, 0.25) is 7.98 Å². The van der Waals surface area contributed by atoms with Crippen LogP contribution < -0.4 is 10.1 Å². The summed E-state index contributed by atoms with van der Waals surface area (Å²) >= 11 is 0. The summed E-state index contributed by atoms with van der Waals surface area (Å²) in [5.41, 5.74) is 1.54. The molecule has 1 aromatic heterocycles. The van der Waals surface area contributed by atoms with E-state index in [4.69, 9.17) is 7.98 Å². The van der Waals surface area contributed by atoms with E-state index >= 15 is 0 Å². The van der Waals surface area contributed by atoms with Crippen LogP contribution in [0.5, 0.6) is 0 Å². The van der Waals surface area contributed by atoms with Crippen molar-refractivity contribution >= 4 is 19.5 Å². The van der Waals surface area contributed by atoms with Gasteiger partial charge in [-0.15, -0.1) is 0 Å². The second-order valence-corrected chi connectivity index (χ2v) is 2.50. The Morgan fingerprint density at radius 3 is 2.85 bits per heavy atom. The molecule has 0 saturated heterocycles. The molecule has 0 bridgehead atoms. The first-order valence-electron chi connectivity index (χ1n) is 3.86. The van der Waals surface area contributed by atoms with Crippen molar-refractivity contribution in [2.45, 2.75) is 6.92 Å². The van der Waals surface area contributed by atoms with E-state index < -0.39 is 0 Å². The molecular formula is C8H11BN4. The van der Waals surface area contributed by atoms with Gasteiger partial charge in [0.1, 0.15) is 6.33 Å². The van der Waals surface area contributed by atoms with Crippen molar-refractivity contribution in [2.75, 3.05) is 17.2 Å². The summed E-state index contributed by atoms with van der Waals surface area (Å²) < 4.78 is 0. The van der Waals surface area contributed by atoms with Crippen molar-refractivity contribution in [1.29, 1.82) is 0 Å². The Bertz CT molecular complexity index is 313. The summed E-state index contributed by atoms with van der Waals surface area (Å²) in [7, 11) is 7.45. The van der Waals surface area contributed by atoms with Crippen LogP contribution in [-0.4, -0.2) is 25.0 Å². The van der Waals surface area contributed by atoms with Crippen molar-refractivity contribution < 1.29 is 0 Å². The summed E-state index contributed by atoms with van der Waals surface area (Å²) in [5.74, 6) is 0.690. The van der Waals surface area contributed by atoms with Gasteiger partial charge in [-0.3, -0.25) is 0 Å². The molecule has 4 nitrogen and oxygen atoms in total. The number of hydrogen-bond donors (Lipinski definition) is 1. The van der Waals surface area contributed by atoms with E-state index in [1.54, 1.807) is 7.05 Å². The fourth-order valence-electron chi connectivity index (χ4n) is 1.05. The molecule has 0 saturated carbocycles. The van der Waals surface area contributed by atoms with E-state index in [1.807, 2.05) is 6.92 Å². The second kappa shape index (κ2) is 3.93. The molecule has 0 aliphatic carbocycles. The van der Waals surface area contributed by atoms with Gasteiger partial charge in [-0.1, -0.05) is 6.58 Å².